The number of carbonyl (C=O) groups is 1. The third-order valence-electron chi connectivity index (χ3n) is 3.26. The van der Waals surface area contributed by atoms with Crippen LogP contribution < -0.4 is 11.1 Å². The second-order valence-corrected chi connectivity index (χ2v) is 5.18. The lowest BCUT2D eigenvalue weighted by Crippen LogP contribution is -2.46. The summed E-state index contributed by atoms with van der Waals surface area (Å²) in [6.45, 7) is 1.99. The number of carbonyl (C=O) groups excluding carboxylic acids is 1. The maximum atomic E-state index is 11.8. The average Bonchev–Trinajstić information content (AvgIpc) is 3.01. The van der Waals surface area contributed by atoms with Gasteiger partial charge in [0.2, 0.25) is 5.91 Å². The first-order chi connectivity index (χ1) is 8.39. The van der Waals surface area contributed by atoms with Gasteiger partial charge in [-0.15, -0.1) is 0 Å². The van der Waals surface area contributed by atoms with Crippen molar-refractivity contribution in [2.75, 3.05) is 0 Å². The number of hydrogen-bond donors (Lipinski definition) is 4. The van der Waals surface area contributed by atoms with Crippen LogP contribution in [0.1, 0.15) is 25.3 Å². The van der Waals surface area contributed by atoms with Crippen molar-refractivity contribution < 1.29 is 15.0 Å². The summed E-state index contributed by atoms with van der Waals surface area (Å²) in [5.74, 6) is -0.556. The second kappa shape index (κ2) is 4.49. The van der Waals surface area contributed by atoms with E-state index in [1.807, 2.05) is 6.92 Å². The number of phenolic OH excluding ortho intramolecular Hbond substituents is 2. The van der Waals surface area contributed by atoms with Crippen LogP contribution >= 0.6 is 0 Å². The molecule has 98 valence electrons. The quantitative estimate of drug-likeness (QED) is 0.590. The molecule has 1 fully saturated rings. The molecule has 1 aliphatic rings. The lowest BCUT2D eigenvalue weighted by molar-refractivity contribution is -0.123. The standard InChI is InChI=1S/C13H18N2O3/c1-13(4-5-13)15-12(18)9(14)6-8-2-3-10(16)11(17)7-8/h2-3,7,9,16-17H,4-6,14H2,1H3,(H,15,18)/t9-/m0/s1. The summed E-state index contributed by atoms with van der Waals surface area (Å²) >= 11 is 0. The molecule has 0 saturated heterocycles. The molecule has 18 heavy (non-hydrogen) atoms. The van der Waals surface area contributed by atoms with Crippen LogP contribution in [-0.2, 0) is 11.2 Å². The SMILES string of the molecule is CC1(NC(=O)[C@@H](N)Cc2ccc(O)c(O)c2)CC1. The van der Waals surface area contributed by atoms with E-state index in [0.717, 1.165) is 12.8 Å². The molecular formula is C13H18N2O3. The Labute approximate surface area is 106 Å². The average molecular weight is 250 g/mol. The van der Waals surface area contributed by atoms with Gasteiger partial charge in [0.15, 0.2) is 11.5 Å². The van der Waals surface area contributed by atoms with Crippen molar-refractivity contribution in [3.05, 3.63) is 23.8 Å². The molecule has 5 nitrogen and oxygen atoms in total. The van der Waals surface area contributed by atoms with Gasteiger partial charge in [0.25, 0.3) is 0 Å². The van der Waals surface area contributed by atoms with Gasteiger partial charge in [-0.05, 0) is 43.9 Å². The largest absolute Gasteiger partial charge is 0.504 e. The highest BCUT2D eigenvalue weighted by atomic mass is 16.3. The lowest BCUT2D eigenvalue weighted by Gasteiger charge is -2.16. The molecule has 0 spiro atoms. The maximum Gasteiger partial charge on any atom is 0.237 e. The minimum absolute atomic E-state index is 0.0776. The summed E-state index contributed by atoms with van der Waals surface area (Å²) in [5.41, 5.74) is 6.46. The first-order valence-corrected chi connectivity index (χ1v) is 5.98. The van der Waals surface area contributed by atoms with Crippen molar-refractivity contribution in [1.82, 2.24) is 5.32 Å². The molecule has 1 aliphatic carbocycles. The normalized spacial score (nSPS) is 18.1. The summed E-state index contributed by atoms with van der Waals surface area (Å²) in [7, 11) is 0. The molecule has 1 saturated carbocycles. The predicted molar refractivity (Wildman–Crippen MR) is 67.2 cm³/mol. The zero-order valence-corrected chi connectivity index (χ0v) is 10.3. The van der Waals surface area contributed by atoms with E-state index in [1.165, 1.54) is 12.1 Å². The third-order valence-corrected chi connectivity index (χ3v) is 3.26. The van der Waals surface area contributed by atoms with E-state index < -0.39 is 6.04 Å². The van der Waals surface area contributed by atoms with Crippen molar-refractivity contribution in [3.63, 3.8) is 0 Å². The maximum absolute atomic E-state index is 11.8. The monoisotopic (exact) mass is 250 g/mol. The number of nitrogens with two attached hydrogens (primary N) is 1. The molecule has 0 aromatic heterocycles. The number of rotatable bonds is 4. The van der Waals surface area contributed by atoms with E-state index in [9.17, 15) is 15.0 Å². The minimum atomic E-state index is -0.647. The Morgan fingerprint density at radius 2 is 2.11 bits per heavy atom. The number of phenols is 2. The van der Waals surface area contributed by atoms with E-state index in [2.05, 4.69) is 5.32 Å². The number of benzene rings is 1. The van der Waals surface area contributed by atoms with Crippen molar-refractivity contribution in [1.29, 1.82) is 0 Å². The number of hydrogen-bond acceptors (Lipinski definition) is 4. The Hall–Kier alpha value is -1.75. The third kappa shape index (κ3) is 2.92. The van der Waals surface area contributed by atoms with Crippen LogP contribution in [0.25, 0.3) is 0 Å². The van der Waals surface area contributed by atoms with Gasteiger partial charge in [-0.3, -0.25) is 4.79 Å². The van der Waals surface area contributed by atoms with Gasteiger partial charge in [-0.1, -0.05) is 6.07 Å². The van der Waals surface area contributed by atoms with Gasteiger partial charge in [0, 0.05) is 5.54 Å². The molecular weight excluding hydrogens is 232 g/mol. The molecule has 0 heterocycles. The minimum Gasteiger partial charge on any atom is -0.504 e. The zero-order chi connectivity index (χ0) is 13.3. The number of nitrogens with one attached hydrogen (secondary N) is 1. The molecule has 1 atom stereocenters. The first kappa shape index (κ1) is 12.7. The van der Waals surface area contributed by atoms with E-state index in [0.29, 0.717) is 12.0 Å². The van der Waals surface area contributed by atoms with Crippen LogP contribution in [0, 0.1) is 0 Å². The van der Waals surface area contributed by atoms with Gasteiger partial charge in [0.1, 0.15) is 0 Å². The zero-order valence-electron chi connectivity index (χ0n) is 10.3. The molecule has 0 unspecified atom stereocenters. The Balaban J connectivity index is 1.95. The number of amides is 1. The van der Waals surface area contributed by atoms with Crippen LogP contribution in [0.3, 0.4) is 0 Å². The topological polar surface area (TPSA) is 95.6 Å². The Bertz CT molecular complexity index is 469. The fourth-order valence-electron chi connectivity index (χ4n) is 1.75. The summed E-state index contributed by atoms with van der Waals surface area (Å²) in [4.78, 5) is 11.8. The summed E-state index contributed by atoms with van der Waals surface area (Å²) < 4.78 is 0. The Kier molecular flexibility index (Phi) is 3.17. The van der Waals surface area contributed by atoms with E-state index in [4.69, 9.17) is 5.73 Å². The van der Waals surface area contributed by atoms with Crippen LogP contribution in [-0.4, -0.2) is 27.7 Å². The highest BCUT2D eigenvalue weighted by Gasteiger charge is 2.39. The molecule has 0 aliphatic heterocycles. The van der Waals surface area contributed by atoms with Crippen LogP contribution in [0.15, 0.2) is 18.2 Å². The van der Waals surface area contributed by atoms with E-state index in [1.54, 1.807) is 6.07 Å². The van der Waals surface area contributed by atoms with Crippen molar-refractivity contribution in [2.24, 2.45) is 5.73 Å². The highest BCUT2D eigenvalue weighted by Crippen LogP contribution is 2.34. The Morgan fingerprint density at radius 1 is 1.44 bits per heavy atom. The molecule has 2 rings (SSSR count). The van der Waals surface area contributed by atoms with Crippen molar-refractivity contribution in [3.8, 4) is 11.5 Å². The van der Waals surface area contributed by atoms with E-state index in [-0.39, 0.29) is 22.9 Å². The first-order valence-electron chi connectivity index (χ1n) is 5.98. The Morgan fingerprint density at radius 3 is 2.67 bits per heavy atom. The van der Waals surface area contributed by atoms with Gasteiger partial charge < -0.3 is 21.3 Å². The van der Waals surface area contributed by atoms with Gasteiger partial charge in [-0.2, -0.15) is 0 Å². The molecule has 1 aromatic carbocycles. The number of aromatic hydroxyl groups is 2. The van der Waals surface area contributed by atoms with Crippen molar-refractivity contribution >= 4 is 5.91 Å². The lowest BCUT2D eigenvalue weighted by atomic mass is 10.0. The van der Waals surface area contributed by atoms with Crippen LogP contribution in [0.4, 0.5) is 0 Å². The fourth-order valence-corrected chi connectivity index (χ4v) is 1.75. The van der Waals surface area contributed by atoms with E-state index >= 15 is 0 Å². The van der Waals surface area contributed by atoms with Gasteiger partial charge in [0.05, 0.1) is 6.04 Å². The fraction of sp³-hybridized carbons (Fsp3) is 0.462. The smallest absolute Gasteiger partial charge is 0.237 e. The van der Waals surface area contributed by atoms with Crippen molar-refractivity contribution in [2.45, 2.75) is 37.8 Å². The molecule has 1 amide bonds. The molecule has 5 N–H and O–H groups in total. The second-order valence-electron chi connectivity index (χ2n) is 5.18. The van der Waals surface area contributed by atoms with Crippen LogP contribution in [0.5, 0.6) is 11.5 Å². The van der Waals surface area contributed by atoms with Gasteiger partial charge in [-0.25, -0.2) is 0 Å². The molecule has 0 radical (unpaired) electrons. The predicted octanol–water partition coefficient (Wildman–Crippen LogP) is 0.636. The van der Waals surface area contributed by atoms with Gasteiger partial charge >= 0.3 is 0 Å². The summed E-state index contributed by atoms with van der Waals surface area (Å²) in [5, 5.41) is 21.4. The molecule has 0 bridgehead atoms. The molecule has 5 heteroatoms. The summed E-state index contributed by atoms with van der Waals surface area (Å²) in [6.07, 6.45) is 2.31. The summed E-state index contributed by atoms with van der Waals surface area (Å²) in [6, 6.07) is 3.80. The molecule has 1 aromatic rings. The highest BCUT2D eigenvalue weighted by molar-refractivity contribution is 5.82. The van der Waals surface area contributed by atoms with Crippen LogP contribution in [0.2, 0.25) is 0 Å².